The lowest BCUT2D eigenvalue weighted by molar-refractivity contribution is -0.137. The van der Waals surface area contributed by atoms with Crippen LogP contribution in [-0.4, -0.2) is 59.5 Å². The first-order valence-electron chi connectivity index (χ1n) is 29.0. The van der Waals surface area contributed by atoms with Gasteiger partial charge in [-0.1, -0.05) is 59.9 Å². The number of aromatic nitrogens is 1. The number of thioether (sulfide) groups is 1. The second-order valence-electron chi connectivity index (χ2n) is 10.8. The van der Waals surface area contributed by atoms with Gasteiger partial charge in [-0.15, -0.1) is 11.8 Å². The van der Waals surface area contributed by atoms with Gasteiger partial charge in [0.25, 0.3) is 0 Å². The van der Waals surface area contributed by atoms with Gasteiger partial charge in [0.05, 0.1) is 55.6 Å². The molecular weight excluding hydrogens is 710 g/mol. The predicted molar refractivity (Wildman–Crippen MR) is 198 cm³/mol. The smallest absolute Gasteiger partial charge is 0.383 e. The Kier molecular flexibility index (Phi) is 5.17. The van der Waals surface area contributed by atoms with Gasteiger partial charge < -0.3 is 19.1 Å². The number of rotatable bonds is 12. The quantitative estimate of drug-likeness (QED) is 0.0938. The fraction of sp³-hybridized carbons (Fsp3) is 0.317. The van der Waals surface area contributed by atoms with E-state index in [9.17, 15) is 23.4 Å². The van der Waals surface area contributed by atoms with Crippen molar-refractivity contribution in [2.45, 2.75) is 55.7 Å². The van der Waals surface area contributed by atoms with E-state index in [4.69, 9.17) is 32.9 Å². The van der Waals surface area contributed by atoms with Crippen molar-refractivity contribution in [3.05, 3.63) is 135 Å². The maximum atomic E-state index is 15.7. The molecule has 5 aromatic rings. The first-order chi connectivity index (χ1) is 36.6. The van der Waals surface area contributed by atoms with Crippen molar-refractivity contribution in [1.82, 2.24) is 14.4 Å². The number of methoxy groups -OCH3 is 1. The molecule has 1 aromatic heterocycles. The molecule has 1 amide bonds. The number of likely N-dealkylation sites (tertiary alicyclic amines) is 1. The van der Waals surface area contributed by atoms with Crippen LogP contribution < -0.4 is 5.43 Å². The lowest BCUT2D eigenvalue weighted by Crippen LogP contribution is -2.48. The molecule has 0 aliphatic carbocycles. The van der Waals surface area contributed by atoms with E-state index in [0.29, 0.717) is 4.90 Å². The van der Waals surface area contributed by atoms with Gasteiger partial charge in [0, 0.05) is 67.3 Å². The summed E-state index contributed by atoms with van der Waals surface area (Å²) in [6.45, 7) is -16.3. The summed E-state index contributed by atoms with van der Waals surface area (Å²) in [5.74, 6) is -6.84. The molecule has 0 saturated carbocycles. The number of piperidine rings is 1. The molecule has 4 aromatic carbocycles. The minimum Gasteiger partial charge on any atom is -0.383 e. The minimum absolute atomic E-state index is 0.154. The molecule has 6 rings (SSSR count). The number of carbonyl (C=O) groups excluding carboxylic acids is 1. The summed E-state index contributed by atoms with van der Waals surface area (Å²) in [7, 11) is -3.55. The Balaban J connectivity index is 1.70. The van der Waals surface area contributed by atoms with E-state index >= 15 is 13.6 Å². The topological polar surface area (TPSA) is 54.8 Å². The van der Waals surface area contributed by atoms with E-state index in [-0.39, 0.29) is 9.47 Å². The van der Waals surface area contributed by atoms with Crippen molar-refractivity contribution in [1.29, 1.82) is 0 Å². The van der Waals surface area contributed by atoms with E-state index in [0.717, 1.165) is 6.92 Å². The van der Waals surface area contributed by atoms with Gasteiger partial charge in [-0.3, -0.25) is 9.59 Å². The van der Waals surface area contributed by atoms with Gasteiger partial charge in [-0.05, 0) is 66.7 Å². The van der Waals surface area contributed by atoms with E-state index < -0.39 is 252 Å². The molecule has 0 bridgehead atoms. The third kappa shape index (κ3) is 9.17. The van der Waals surface area contributed by atoms with Crippen LogP contribution in [0.25, 0.3) is 22.0 Å². The summed E-state index contributed by atoms with van der Waals surface area (Å²) in [5.41, 5.74) is -15.2. The monoisotopic (exact) mass is 777 g/mol. The molecule has 53 heavy (non-hydrogen) atoms. The number of hydrogen-bond donors (Lipinski definition) is 0. The van der Waals surface area contributed by atoms with Gasteiger partial charge in [-0.2, -0.15) is 13.2 Å². The average Bonchev–Trinajstić information content (AvgIpc) is 3.10. The van der Waals surface area contributed by atoms with Crippen LogP contribution in [0.2, 0.25) is 0 Å². The highest BCUT2D eigenvalue weighted by molar-refractivity contribution is 7.98. The summed E-state index contributed by atoms with van der Waals surface area (Å²) in [6, 6.07) is -24.2. The normalized spacial score (nSPS) is 23.4. The first kappa shape index (κ1) is 16.5. The van der Waals surface area contributed by atoms with Gasteiger partial charge in [0.2, 0.25) is 5.91 Å². The summed E-state index contributed by atoms with van der Waals surface area (Å²) in [4.78, 5) is 30.3. The zero-order valence-corrected chi connectivity index (χ0v) is 27.6. The maximum absolute atomic E-state index is 15.7. The molecule has 278 valence electrons. The highest BCUT2D eigenvalue weighted by atomic mass is 32.2. The fourth-order valence-corrected chi connectivity index (χ4v) is 5.54. The van der Waals surface area contributed by atoms with Crippen LogP contribution >= 0.6 is 11.8 Å². The average molecular weight is 778 g/mol. The molecule has 12 heteroatoms. The van der Waals surface area contributed by atoms with Crippen molar-refractivity contribution in [3.63, 3.8) is 0 Å². The molecule has 1 aliphatic rings. The summed E-state index contributed by atoms with van der Waals surface area (Å²) >= 11 is -0.661. The van der Waals surface area contributed by atoms with E-state index in [1.54, 1.807) is 0 Å². The second kappa shape index (κ2) is 16.7. The number of ether oxygens (including phenoxy) is 1. The molecule has 6 nitrogen and oxygen atoms in total. The van der Waals surface area contributed by atoms with Crippen LogP contribution in [0.1, 0.15) is 73.5 Å². The molecule has 2 heterocycles. The van der Waals surface area contributed by atoms with Gasteiger partial charge >= 0.3 is 6.18 Å². The Morgan fingerprint density at radius 2 is 1.70 bits per heavy atom. The van der Waals surface area contributed by atoms with E-state index in [2.05, 4.69) is 4.74 Å². The molecule has 1 aliphatic heterocycles. The number of fused-ring (bicyclic) bond motifs is 1. The number of amides is 1. The highest BCUT2D eigenvalue weighted by Crippen LogP contribution is 2.32. The van der Waals surface area contributed by atoms with Crippen LogP contribution in [0.3, 0.4) is 0 Å². The third-order valence-corrected chi connectivity index (χ3v) is 8.12. The Hall–Kier alpha value is -4.52. The molecule has 0 N–H and O–H groups in total. The molecular formula is C41H40F5N3O3S. The molecule has 1 fully saturated rings. The lowest BCUT2D eigenvalue weighted by atomic mass is 10.00. The lowest BCUT2D eigenvalue weighted by Gasteiger charge is -2.39. The molecule has 1 saturated heterocycles. The van der Waals surface area contributed by atoms with Crippen molar-refractivity contribution in [2.75, 3.05) is 33.2 Å². The summed E-state index contributed by atoms with van der Waals surface area (Å²) < 4.78 is 316. The van der Waals surface area contributed by atoms with Gasteiger partial charge in [0.1, 0.15) is 6.50 Å². The van der Waals surface area contributed by atoms with Crippen LogP contribution in [0.15, 0.2) is 100 Å². The highest BCUT2D eigenvalue weighted by Gasteiger charge is 2.31. The number of halogens is 5. The van der Waals surface area contributed by atoms with Crippen LogP contribution in [-0.2, 0) is 34.4 Å². The predicted octanol–water partition coefficient (Wildman–Crippen LogP) is 8.71. The molecule has 0 spiro atoms. The largest absolute Gasteiger partial charge is 0.416 e. The second-order valence-corrected chi connectivity index (χ2v) is 11.6. The van der Waals surface area contributed by atoms with Crippen molar-refractivity contribution < 1.29 is 69.9 Å². The van der Waals surface area contributed by atoms with E-state index in [1.807, 2.05) is 0 Å². The minimum atomic E-state index is -5.52. The third-order valence-electron chi connectivity index (χ3n) is 7.34. The number of pyridine rings is 1. The summed E-state index contributed by atoms with van der Waals surface area (Å²) in [6.07, 6.45) is -7.28. The van der Waals surface area contributed by atoms with Crippen LogP contribution in [0, 0.1) is 18.6 Å². The first-order valence-corrected chi connectivity index (χ1v) is 15.8. The van der Waals surface area contributed by atoms with E-state index in [1.165, 1.54) is 0 Å². The van der Waals surface area contributed by atoms with Gasteiger partial charge in [0.15, 0.2) is 17.1 Å². The fourth-order valence-electron chi connectivity index (χ4n) is 4.83. The van der Waals surface area contributed by atoms with Crippen LogP contribution in [0.4, 0.5) is 22.0 Å². The maximum Gasteiger partial charge on any atom is 0.416 e. The zero-order chi connectivity index (χ0) is 62.2. The number of alkyl halides is 3. The SMILES string of the molecule is [2H]c1c([2H])c(F)c(F)c(C([2H])([2H])Sc2c([2H])c(=O)c3c([2H])c(C)c([2H])c([2H])c3n2C([2H])([2H])C(=O)N(C2CCN(C([2H])([2H])C([2H])([2H])OC([2H])([2H])[2H])CC2)C([2H])([2H])c2c([2H])c([2H])c(-c3c([2H])c([2H])c(C(F)(F)F)c([2H])c3[2H])c([2H])c2[2H])c1[2H]. The van der Waals surface area contributed by atoms with Crippen LogP contribution in [0.5, 0.6) is 0 Å². The van der Waals surface area contributed by atoms with Crippen molar-refractivity contribution in [3.8, 4) is 11.1 Å². The number of hydrogen-bond acceptors (Lipinski definition) is 5. The molecule has 0 radical (unpaired) electrons. The molecule has 0 atom stereocenters. The standard InChI is InChI=1S/C41H40F5N3O3S/c1-27-6-15-36-34(22-27)37(50)23-39(53-26-31-4-3-5-35(42)40(31)43)49(36)25-38(51)48(33-16-18-47(19-17-33)20-21-52-2)24-28-7-9-29(10-8-28)30-11-13-32(14-12-30)41(44,45)46/h3-15,22-23,33H,16-21,24-26H2,1-2H3/i2D3,3D,4D,5D,6D,7D,8D,9D,10D,11D,12D,13D,14D,15D,20D2,21D2,22D,23D,24D2,25D2,26D2. The zero-order valence-electron chi connectivity index (χ0n) is 54.8. The number of carbonyl (C=O) groups is 1. The summed E-state index contributed by atoms with van der Waals surface area (Å²) in [5, 5.41) is -2.67. The number of nitrogens with zero attached hydrogens (tertiary/aromatic N) is 3. The Bertz CT molecular complexity index is 3450. The Labute approximate surface area is 348 Å². The van der Waals surface area contributed by atoms with Crippen molar-refractivity contribution in [2.24, 2.45) is 0 Å². The number of benzene rings is 4. The van der Waals surface area contributed by atoms with Gasteiger partial charge in [-0.25, -0.2) is 8.78 Å². The Morgan fingerprint density at radius 3 is 2.38 bits per heavy atom. The van der Waals surface area contributed by atoms with Crippen molar-refractivity contribution >= 4 is 28.6 Å². The Morgan fingerprint density at radius 1 is 1.00 bits per heavy atom. The molecule has 0 unspecified atom stereocenters.